The van der Waals surface area contributed by atoms with Crippen molar-refractivity contribution in [1.82, 2.24) is 0 Å². The first-order chi connectivity index (χ1) is 4.85. The summed E-state index contributed by atoms with van der Waals surface area (Å²) in [4.78, 5) is 0. The molecule has 56 valence electrons. The highest BCUT2D eigenvalue weighted by molar-refractivity contribution is 5.15. The van der Waals surface area contributed by atoms with Crippen molar-refractivity contribution >= 4 is 0 Å². The van der Waals surface area contributed by atoms with Crippen LogP contribution in [-0.4, -0.2) is 7.11 Å². The van der Waals surface area contributed by atoms with Gasteiger partial charge in [0.15, 0.2) is 0 Å². The maximum absolute atomic E-state index is 4.99. The molecular weight excluding hydrogens is 124 g/mol. The minimum atomic E-state index is 0.887. The molecule has 0 aliphatic carbocycles. The Kier molecular flexibility index (Phi) is 5.54. The zero-order valence-electron chi connectivity index (χ0n) is 6.79. The molecule has 0 fully saturated rings. The van der Waals surface area contributed by atoms with Crippen LogP contribution >= 0.6 is 0 Å². The smallest absolute Gasteiger partial charge is 0.114 e. The van der Waals surface area contributed by atoms with Gasteiger partial charge in [0, 0.05) is 0 Å². The van der Waals surface area contributed by atoms with Crippen molar-refractivity contribution < 1.29 is 4.74 Å². The van der Waals surface area contributed by atoms with E-state index in [9.17, 15) is 0 Å². The molecule has 0 unspecified atom stereocenters. The molecule has 0 amide bonds. The summed E-state index contributed by atoms with van der Waals surface area (Å²) in [6, 6.07) is 0. The minimum Gasteiger partial charge on any atom is -0.497 e. The molecule has 0 saturated carbocycles. The second-order valence-electron chi connectivity index (χ2n) is 1.78. The molecule has 0 radical (unpaired) electrons. The molecule has 0 aromatic rings. The number of hydrogen-bond donors (Lipinski definition) is 0. The Balaban J connectivity index is 3.85. The Morgan fingerprint density at radius 2 is 1.90 bits per heavy atom. The summed E-state index contributed by atoms with van der Waals surface area (Å²) in [5.41, 5.74) is 0. The predicted octanol–water partition coefficient (Wildman–Crippen LogP) is 2.67. The van der Waals surface area contributed by atoms with Gasteiger partial charge < -0.3 is 4.74 Å². The largest absolute Gasteiger partial charge is 0.497 e. The van der Waals surface area contributed by atoms with E-state index in [1.807, 2.05) is 44.2 Å². The van der Waals surface area contributed by atoms with Crippen LogP contribution < -0.4 is 0 Å². The molecule has 0 rings (SSSR count). The van der Waals surface area contributed by atoms with Gasteiger partial charge in [0.1, 0.15) is 5.76 Å². The number of methoxy groups -OCH3 is 1. The van der Waals surface area contributed by atoms with Gasteiger partial charge in [-0.05, 0) is 26.0 Å². The van der Waals surface area contributed by atoms with Crippen LogP contribution in [0.2, 0.25) is 0 Å². The average molecular weight is 138 g/mol. The second kappa shape index (κ2) is 6.14. The van der Waals surface area contributed by atoms with Gasteiger partial charge in [-0.2, -0.15) is 0 Å². The van der Waals surface area contributed by atoms with Crippen LogP contribution in [0.3, 0.4) is 0 Å². The van der Waals surface area contributed by atoms with Crippen molar-refractivity contribution in [1.29, 1.82) is 0 Å². The predicted molar refractivity (Wildman–Crippen MR) is 44.7 cm³/mol. The van der Waals surface area contributed by atoms with Gasteiger partial charge in [-0.1, -0.05) is 18.2 Å². The van der Waals surface area contributed by atoms with Crippen LogP contribution in [0.4, 0.5) is 0 Å². The van der Waals surface area contributed by atoms with Crippen molar-refractivity contribution in [2.45, 2.75) is 13.8 Å². The van der Waals surface area contributed by atoms with Crippen LogP contribution in [0.15, 0.2) is 36.1 Å². The van der Waals surface area contributed by atoms with E-state index in [0.717, 1.165) is 5.76 Å². The van der Waals surface area contributed by atoms with E-state index in [0.29, 0.717) is 0 Å². The SMILES string of the molecule is C\C=C/C=C\C(=C\C)OC. The monoisotopic (exact) mass is 138 g/mol. The van der Waals surface area contributed by atoms with Gasteiger partial charge in [0.2, 0.25) is 0 Å². The molecule has 0 aromatic carbocycles. The van der Waals surface area contributed by atoms with E-state index in [1.165, 1.54) is 0 Å². The zero-order valence-corrected chi connectivity index (χ0v) is 6.79. The highest BCUT2D eigenvalue weighted by atomic mass is 16.5. The third-order valence-electron chi connectivity index (χ3n) is 1.08. The summed E-state index contributed by atoms with van der Waals surface area (Å²) in [7, 11) is 1.66. The van der Waals surface area contributed by atoms with E-state index in [1.54, 1.807) is 7.11 Å². The molecule has 0 spiro atoms. The summed E-state index contributed by atoms with van der Waals surface area (Å²) >= 11 is 0. The molecule has 0 aliphatic rings. The van der Waals surface area contributed by atoms with Gasteiger partial charge in [0.05, 0.1) is 7.11 Å². The Morgan fingerprint density at radius 3 is 2.30 bits per heavy atom. The second-order valence-corrected chi connectivity index (χ2v) is 1.78. The first-order valence-electron chi connectivity index (χ1n) is 3.34. The Bertz CT molecular complexity index is 152. The molecule has 0 bridgehead atoms. The molecule has 0 saturated heterocycles. The molecule has 0 N–H and O–H groups in total. The van der Waals surface area contributed by atoms with E-state index < -0.39 is 0 Å². The lowest BCUT2D eigenvalue weighted by Gasteiger charge is -1.95. The summed E-state index contributed by atoms with van der Waals surface area (Å²) in [6.45, 7) is 3.92. The topological polar surface area (TPSA) is 9.23 Å². The van der Waals surface area contributed by atoms with E-state index >= 15 is 0 Å². The van der Waals surface area contributed by atoms with Crippen LogP contribution in [0.5, 0.6) is 0 Å². The van der Waals surface area contributed by atoms with E-state index in [-0.39, 0.29) is 0 Å². The molecular formula is C9H14O. The molecule has 0 heterocycles. The molecule has 1 heteroatoms. The van der Waals surface area contributed by atoms with Crippen molar-refractivity contribution in [3.63, 3.8) is 0 Å². The number of rotatable bonds is 3. The summed E-state index contributed by atoms with van der Waals surface area (Å²) in [6.07, 6.45) is 9.71. The first-order valence-corrected chi connectivity index (χ1v) is 3.34. The molecule has 0 aliphatic heterocycles. The fourth-order valence-electron chi connectivity index (χ4n) is 0.544. The van der Waals surface area contributed by atoms with E-state index in [2.05, 4.69) is 0 Å². The fraction of sp³-hybridized carbons (Fsp3) is 0.333. The Labute approximate surface area is 62.7 Å². The normalized spacial score (nSPS) is 13.3. The van der Waals surface area contributed by atoms with Gasteiger partial charge in [-0.3, -0.25) is 0 Å². The van der Waals surface area contributed by atoms with Crippen molar-refractivity contribution in [2.24, 2.45) is 0 Å². The minimum absolute atomic E-state index is 0.887. The fourth-order valence-corrected chi connectivity index (χ4v) is 0.544. The van der Waals surface area contributed by atoms with Gasteiger partial charge in [0.25, 0.3) is 0 Å². The van der Waals surface area contributed by atoms with Gasteiger partial charge in [-0.15, -0.1) is 0 Å². The molecule has 0 atom stereocenters. The summed E-state index contributed by atoms with van der Waals surface area (Å²) in [5, 5.41) is 0. The maximum atomic E-state index is 4.99. The van der Waals surface area contributed by atoms with E-state index in [4.69, 9.17) is 4.74 Å². The standard InChI is InChI=1S/C9H14O/c1-4-6-7-8-9(5-2)10-3/h4-8H,1-3H3/b6-4-,8-7-,9-5-. The Hall–Kier alpha value is -0.980. The van der Waals surface area contributed by atoms with Crippen LogP contribution in [0.25, 0.3) is 0 Å². The third kappa shape index (κ3) is 3.96. The number of hydrogen-bond acceptors (Lipinski definition) is 1. The molecule has 10 heavy (non-hydrogen) atoms. The van der Waals surface area contributed by atoms with Crippen LogP contribution in [0, 0.1) is 0 Å². The van der Waals surface area contributed by atoms with Crippen molar-refractivity contribution in [3.8, 4) is 0 Å². The lowest BCUT2D eigenvalue weighted by atomic mass is 10.4. The maximum Gasteiger partial charge on any atom is 0.114 e. The third-order valence-corrected chi connectivity index (χ3v) is 1.08. The lowest BCUT2D eigenvalue weighted by molar-refractivity contribution is 0.306. The number of allylic oxidation sites excluding steroid dienone is 5. The summed E-state index contributed by atoms with van der Waals surface area (Å²) < 4.78 is 4.99. The quantitative estimate of drug-likeness (QED) is 0.430. The summed E-state index contributed by atoms with van der Waals surface area (Å²) in [5.74, 6) is 0.887. The number of ether oxygens (including phenoxy) is 1. The highest BCUT2D eigenvalue weighted by Crippen LogP contribution is 1.96. The average Bonchev–Trinajstić information content (AvgIpc) is 1.99. The van der Waals surface area contributed by atoms with Crippen LogP contribution in [-0.2, 0) is 4.74 Å². The zero-order chi connectivity index (χ0) is 7.82. The molecule has 1 nitrogen and oxygen atoms in total. The highest BCUT2D eigenvalue weighted by Gasteiger charge is 1.80. The van der Waals surface area contributed by atoms with Gasteiger partial charge >= 0.3 is 0 Å². The lowest BCUT2D eigenvalue weighted by Crippen LogP contribution is -1.78. The Morgan fingerprint density at radius 1 is 1.20 bits per heavy atom. The van der Waals surface area contributed by atoms with Crippen molar-refractivity contribution in [3.05, 3.63) is 36.1 Å². The van der Waals surface area contributed by atoms with Crippen LogP contribution in [0.1, 0.15) is 13.8 Å². The van der Waals surface area contributed by atoms with Crippen molar-refractivity contribution in [2.75, 3.05) is 7.11 Å². The van der Waals surface area contributed by atoms with Gasteiger partial charge in [-0.25, -0.2) is 0 Å². The first kappa shape index (κ1) is 9.02. The molecule has 0 aromatic heterocycles.